The Morgan fingerprint density at radius 3 is 2.43 bits per heavy atom. The van der Waals surface area contributed by atoms with Gasteiger partial charge in [-0.05, 0) is 81.5 Å². The van der Waals surface area contributed by atoms with Crippen molar-refractivity contribution in [3.05, 3.63) is 89.0 Å². The number of likely N-dealkylation sites (N-methyl/N-ethyl adjacent to an activating group) is 1. The van der Waals surface area contributed by atoms with Crippen LogP contribution in [0.2, 0.25) is 0 Å². The summed E-state index contributed by atoms with van der Waals surface area (Å²) >= 11 is 0. The van der Waals surface area contributed by atoms with Crippen LogP contribution in [0.5, 0.6) is 11.5 Å². The van der Waals surface area contributed by atoms with Gasteiger partial charge >= 0.3 is 6.09 Å². The molecule has 0 aliphatic carbocycles. The minimum absolute atomic E-state index is 0. The van der Waals surface area contributed by atoms with Crippen LogP contribution in [0.25, 0.3) is 0 Å². The lowest BCUT2D eigenvalue weighted by atomic mass is 9.85. The number of carbonyl (C=O) groups is 3. The standard InChI is InChI=1S/C41H54N4O7.BH3/c1-41(2,3)52-40(48)45-22-20-34(29-16-18-33(19-17-29)51-24-10-23-50-28-32-11-7-8-13-37(32)49-6)35(26-45)42-39(47)31-15-14-30-12-9-21-44(36(30)25-31)27-38(46)43(4)5;/h7-8,11,13-19,25,34-35H,9-10,12,20-24,26-28H2,1-6H3,(H,42,47);1H3. The molecule has 3 amide bonds. The molecule has 3 aromatic rings. The predicted octanol–water partition coefficient (Wildman–Crippen LogP) is 4.86. The second kappa shape index (κ2) is 18.9. The number of aryl methyl sites for hydroxylation is 1. The smallest absolute Gasteiger partial charge is 0.410 e. The van der Waals surface area contributed by atoms with Crippen molar-refractivity contribution in [1.29, 1.82) is 0 Å². The van der Waals surface area contributed by atoms with Crippen molar-refractivity contribution >= 4 is 32.0 Å². The Labute approximate surface area is 316 Å². The van der Waals surface area contributed by atoms with Crippen molar-refractivity contribution in [2.24, 2.45) is 0 Å². The Hall–Kier alpha value is -4.71. The third-order valence-electron chi connectivity index (χ3n) is 9.43. The molecule has 0 saturated carbocycles. The molecule has 12 heteroatoms. The van der Waals surface area contributed by atoms with Crippen LogP contribution in [0.3, 0.4) is 0 Å². The molecule has 2 unspecified atom stereocenters. The van der Waals surface area contributed by atoms with Gasteiger partial charge in [0.05, 0.1) is 47.9 Å². The SMILES string of the molecule is B.COc1ccccc1COCCCOc1ccc(C2CCN(C(=O)OC(C)(C)C)CC2NC(=O)c2ccc3c(c2)N(CC(=O)N(C)C)CCC3)cc1. The third kappa shape index (κ3) is 11.4. The highest BCUT2D eigenvalue weighted by Crippen LogP contribution is 2.32. The van der Waals surface area contributed by atoms with Crippen LogP contribution >= 0.6 is 0 Å². The van der Waals surface area contributed by atoms with Gasteiger partial charge in [-0.3, -0.25) is 9.59 Å². The predicted molar refractivity (Wildman–Crippen MR) is 211 cm³/mol. The van der Waals surface area contributed by atoms with Crippen molar-refractivity contribution in [2.75, 3.05) is 65.5 Å². The number of nitrogens with one attached hydrogen (secondary N) is 1. The first-order valence-corrected chi connectivity index (χ1v) is 18.2. The minimum Gasteiger partial charge on any atom is -0.496 e. The highest BCUT2D eigenvalue weighted by Gasteiger charge is 2.35. The number of hydrogen-bond donors (Lipinski definition) is 1. The zero-order valence-corrected chi connectivity index (χ0v) is 31.5. The van der Waals surface area contributed by atoms with Gasteiger partial charge in [-0.1, -0.05) is 36.4 Å². The average molecular weight is 729 g/mol. The maximum atomic E-state index is 13.9. The number of methoxy groups -OCH3 is 1. The molecule has 0 aromatic heterocycles. The summed E-state index contributed by atoms with van der Waals surface area (Å²) in [6, 6.07) is 21.2. The fourth-order valence-corrected chi connectivity index (χ4v) is 6.67. The summed E-state index contributed by atoms with van der Waals surface area (Å²) in [5, 5.41) is 3.26. The van der Waals surface area contributed by atoms with Crippen LogP contribution in [0.4, 0.5) is 10.5 Å². The molecular formula is C41H57BN4O7. The zero-order valence-electron chi connectivity index (χ0n) is 31.5. The highest BCUT2D eigenvalue weighted by atomic mass is 16.6. The quantitative estimate of drug-likeness (QED) is 0.197. The van der Waals surface area contributed by atoms with Crippen LogP contribution < -0.4 is 19.7 Å². The van der Waals surface area contributed by atoms with E-state index in [9.17, 15) is 14.4 Å². The summed E-state index contributed by atoms with van der Waals surface area (Å²) in [7, 11) is 5.16. The largest absolute Gasteiger partial charge is 0.496 e. The molecule has 11 nitrogen and oxygen atoms in total. The number of likely N-dealkylation sites (tertiary alicyclic amines) is 1. The summed E-state index contributed by atoms with van der Waals surface area (Å²) in [6.45, 7) is 8.93. The van der Waals surface area contributed by atoms with Gasteiger partial charge < -0.3 is 39.0 Å². The van der Waals surface area contributed by atoms with Crippen LogP contribution in [0.15, 0.2) is 66.7 Å². The number of piperidine rings is 1. The summed E-state index contributed by atoms with van der Waals surface area (Å²) in [6.07, 6.45) is 2.85. The number of rotatable bonds is 13. The molecule has 5 rings (SSSR count). The molecule has 1 N–H and O–H groups in total. The van der Waals surface area contributed by atoms with Gasteiger partial charge in [0.1, 0.15) is 17.1 Å². The molecule has 0 spiro atoms. The second-order valence-electron chi connectivity index (χ2n) is 14.7. The van der Waals surface area contributed by atoms with Gasteiger partial charge in [-0.25, -0.2) is 4.79 Å². The Kier molecular flexibility index (Phi) is 14.6. The first-order chi connectivity index (χ1) is 24.9. The molecule has 2 heterocycles. The molecule has 2 aliphatic heterocycles. The molecule has 53 heavy (non-hydrogen) atoms. The molecule has 3 aromatic carbocycles. The van der Waals surface area contributed by atoms with Crippen molar-refractivity contribution in [3.8, 4) is 11.5 Å². The maximum Gasteiger partial charge on any atom is 0.410 e. The van der Waals surface area contributed by atoms with E-state index < -0.39 is 11.7 Å². The molecular weight excluding hydrogens is 671 g/mol. The van der Waals surface area contributed by atoms with Crippen LogP contribution in [0.1, 0.15) is 73.0 Å². The fourth-order valence-electron chi connectivity index (χ4n) is 6.67. The lowest BCUT2D eigenvalue weighted by Gasteiger charge is -2.39. The zero-order chi connectivity index (χ0) is 37.3. The third-order valence-corrected chi connectivity index (χ3v) is 9.43. The van der Waals surface area contributed by atoms with E-state index in [2.05, 4.69) is 10.2 Å². The van der Waals surface area contributed by atoms with Crippen molar-refractivity contribution in [3.63, 3.8) is 0 Å². The van der Waals surface area contributed by atoms with E-state index in [4.69, 9.17) is 18.9 Å². The molecule has 0 bridgehead atoms. The minimum atomic E-state index is -0.632. The number of hydrogen-bond acceptors (Lipinski definition) is 8. The van der Waals surface area contributed by atoms with E-state index in [1.165, 1.54) is 0 Å². The Morgan fingerprint density at radius 2 is 1.72 bits per heavy atom. The number of amides is 3. The topological polar surface area (TPSA) is 110 Å². The summed E-state index contributed by atoms with van der Waals surface area (Å²) < 4.78 is 22.9. The van der Waals surface area contributed by atoms with Crippen molar-refractivity contribution in [1.82, 2.24) is 15.1 Å². The molecule has 0 radical (unpaired) electrons. The van der Waals surface area contributed by atoms with E-state index in [-0.39, 0.29) is 38.7 Å². The van der Waals surface area contributed by atoms with E-state index in [0.29, 0.717) is 44.9 Å². The Bertz CT molecular complexity index is 1680. The van der Waals surface area contributed by atoms with Crippen LogP contribution in [-0.2, 0) is 27.3 Å². The number of para-hydroxylation sites is 1. The Balaban J connectivity index is 0.00000627. The van der Waals surface area contributed by atoms with Gasteiger partial charge in [0.2, 0.25) is 5.91 Å². The van der Waals surface area contributed by atoms with E-state index in [1.807, 2.05) is 87.5 Å². The molecule has 1 fully saturated rings. The lowest BCUT2D eigenvalue weighted by Crippen LogP contribution is -2.54. The second-order valence-corrected chi connectivity index (χ2v) is 14.7. The summed E-state index contributed by atoms with van der Waals surface area (Å²) in [4.78, 5) is 44.9. The molecule has 2 aliphatic rings. The van der Waals surface area contributed by atoms with E-state index >= 15 is 0 Å². The number of benzene rings is 3. The summed E-state index contributed by atoms with van der Waals surface area (Å²) in [5.41, 5.74) is 4.00. The summed E-state index contributed by atoms with van der Waals surface area (Å²) in [5.74, 6) is 1.33. The van der Waals surface area contributed by atoms with Gasteiger partial charge in [-0.15, -0.1) is 0 Å². The normalized spacial score (nSPS) is 16.9. The lowest BCUT2D eigenvalue weighted by molar-refractivity contribution is -0.127. The molecule has 2 atom stereocenters. The monoisotopic (exact) mass is 728 g/mol. The van der Waals surface area contributed by atoms with E-state index in [1.54, 1.807) is 31.0 Å². The number of anilines is 1. The highest BCUT2D eigenvalue weighted by molar-refractivity contribution is 5.96. The molecule has 286 valence electrons. The molecule has 1 saturated heterocycles. The fraction of sp³-hybridized carbons (Fsp3) is 0.488. The average Bonchev–Trinajstić information content (AvgIpc) is 3.12. The van der Waals surface area contributed by atoms with Gasteiger partial charge in [0.15, 0.2) is 0 Å². The van der Waals surface area contributed by atoms with Gasteiger partial charge in [0, 0.05) is 62.9 Å². The van der Waals surface area contributed by atoms with Crippen LogP contribution in [0, 0.1) is 0 Å². The number of fused-ring (bicyclic) bond motifs is 1. The Morgan fingerprint density at radius 1 is 0.962 bits per heavy atom. The van der Waals surface area contributed by atoms with Gasteiger partial charge in [0.25, 0.3) is 5.91 Å². The number of ether oxygens (including phenoxy) is 4. The maximum absolute atomic E-state index is 13.9. The first-order valence-electron chi connectivity index (χ1n) is 18.2. The first kappa shape index (κ1) is 41.1. The van der Waals surface area contributed by atoms with Crippen molar-refractivity contribution < 1.29 is 33.3 Å². The van der Waals surface area contributed by atoms with Gasteiger partial charge in [-0.2, -0.15) is 0 Å². The van der Waals surface area contributed by atoms with Crippen molar-refractivity contribution in [2.45, 2.75) is 70.6 Å². The number of nitrogens with zero attached hydrogens (tertiary/aromatic N) is 3. The van der Waals surface area contributed by atoms with E-state index in [0.717, 1.165) is 59.7 Å². The number of carbonyl (C=O) groups excluding carboxylic acids is 3. The van der Waals surface area contributed by atoms with Crippen LogP contribution in [-0.4, -0.2) is 108 Å².